The van der Waals surface area contributed by atoms with Crippen LogP contribution in [-0.2, 0) is 15.8 Å². The third-order valence-electron chi connectivity index (χ3n) is 4.49. The summed E-state index contributed by atoms with van der Waals surface area (Å²) < 4.78 is 39.3. The molecule has 0 aromatic heterocycles. The minimum absolute atomic E-state index is 0.156. The molecule has 0 radical (unpaired) electrons. The minimum Gasteiger partial charge on any atom is -0.345 e. The first-order valence-electron chi connectivity index (χ1n) is 9.81. The van der Waals surface area contributed by atoms with Gasteiger partial charge in [-0.3, -0.25) is 19.3 Å². The first-order valence-corrected chi connectivity index (χ1v) is 9.81. The molecule has 2 aromatic rings. The molecule has 3 amide bonds. The minimum atomic E-state index is -4.60. The number of amides is 3. The quantitative estimate of drug-likeness (QED) is 0.647. The van der Waals surface area contributed by atoms with Gasteiger partial charge in [0.1, 0.15) is 0 Å². The van der Waals surface area contributed by atoms with E-state index in [-0.39, 0.29) is 24.7 Å². The number of hydrogen-bond donors (Lipinski definition) is 2. The summed E-state index contributed by atoms with van der Waals surface area (Å²) in [6.07, 6.45) is -4.60. The van der Waals surface area contributed by atoms with Crippen molar-refractivity contribution in [2.75, 3.05) is 44.4 Å². The number of anilines is 2. The smallest absolute Gasteiger partial charge is 0.345 e. The zero-order valence-corrected chi connectivity index (χ0v) is 18.0. The molecular weight excluding hydrogens is 425 g/mol. The average molecular weight is 450 g/mol. The van der Waals surface area contributed by atoms with E-state index in [1.165, 1.54) is 34.1 Å². The van der Waals surface area contributed by atoms with Gasteiger partial charge in [-0.15, -0.1) is 0 Å². The Morgan fingerprint density at radius 2 is 1.53 bits per heavy atom. The second-order valence-corrected chi connectivity index (χ2v) is 7.22. The van der Waals surface area contributed by atoms with Crippen molar-refractivity contribution in [2.45, 2.75) is 13.1 Å². The molecule has 0 saturated carbocycles. The Hall–Kier alpha value is -3.40. The number of rotatable bonds is 8. The summed E-state index contributed by atoms with van der Waals surface area (Å²) in [6.45, 7) is 1.62. The number of carbonyl (C=O) groups excluding carboxylic acids is 3. The maximum atomic E-state index is 13.1. The van der Waals surface area contributed by atoms with E-state index in [2.05, 4.69) is 10.6 Å². The van der Waals surface area contributed by atoms with Crippen molar-refractivity contribution in [3.63, 3.8) is 0 Å². The summed E-state index contributed by atoms with van der Waals surface area (Å²) in [7, 11) is 3.23. The number of likely N-dealkylation sites (N-methyl/N-ethyl adjacent to an activating group) is 1. The fourth-order valence-corrected chi connectivity index (χ4v) is 2.90. The highest BCUT2D eigenvalue weighted by atomic mass is 19.4. The van der Waals surface area contributed by atoms with Crippen LogP contribution in [0.15, 0.2) is 48.5 Å². The van der Waals surface area contributed by atoms with Crippen LogP contribution in [0.5, 0.6) is 0 Å². The van der Waals surface area contributed by atoms with Crippen molar-refractivity contribution in [2.24, 2.45) is 0 Å². The molecule has 0 aliphatic heterocycles. The van der Waals surface area contributed by atoms with Gasteiger partial charge in [-0.25, -0.2) is 0 Å². The van der Waals surface area contributed by atoms with Crippen LogP contribution in [-0.4, -0.2) is 61.3 Å². The van der Waals surface area contributed by atoms with Gasteiger partial charge in [-0.05, 0) is 36.9 Å². The van der Waals surface area contributed by atoms with Gasteiger partial charge < -0.3 is 15.5 Å². The van der Waals surface area contributed by atoms with Crippen LogP contribution >= 0.6 is 0 Å². The zero-order valence-electron chi connectivity index (χ0n) is 18.0. The molecule has 32 heavy (non-hydrogen) atoms. The fraction of sp³-hybridized carbons (Fsp3) is 0.318. The average Bonchev–Trinajstić information content (AvgIpc) is 2.72. The van der Waals surface area contributed by atoms with Crippen LogP contribution in [0.1, 0.15) is 22.8 Å². The Morgan fingerprint density at radius 3 is 2.12 bits per heavy atom. The Labute approximate surface area is 184 Å². The highest BCUT2D eigenvalue weighted by Crippen LogP contribution is 2.34. The molecule has 2 N–H and O–H groups in total. The highest BCUT2D eigenvalue weighted by molar-refractivity contribution is 5.98. The molecule has 0 fully saturated rings. The molecule has 2 rings (SSSR count). The van der Waals surface area contributed by atoms with Crippen LogP contribution in [0, 0.1) is 0 Å². The van der Waals surface area contributed by atoms with Crippen molar-refractivity contribution in [3.8, 4) is 0 Å². The molecule has 172 valence electrons. The summed E-state index contributed by atoms with van der Waals surface area (Å²) >= 11 is 0. The largest absolute Gasteiger partial charge is 0.418 e. The monoisotopic (exact) mass is 450 g/mol. The number of para-hydroxylation sites is 1. The van der Waals surface area contributed by atoms with Gasteiger partial charge >= 0.3 is 6.18 Å². The zero-order chi connectivity index (χ0) is 23.9. The Bertz CT molecular complexity index is 977. The van der Waals surface area contributed by atoms with Gasteiger partial charge in [0.05, 0.1) is 24.3 Å². The lowest BCUT2D eigenvalue weighted by atomic mass is 10.1. The number of nitrogens with one attached hydrogen (secondary N) is 2. The first kappa shape index (κ1) is 24.9. The van der Waals surface area contributed by atoms with Crippen LogP contribution in [0.4, 0.5) is 24.5 Å². The summed E-state index contributed by atoms with van der Waals surface area (Å²) in [5.41, 5.74) is -0.459. The molecule has 7 nitrogen and oxygen atoms in total. The fourth-order valence-electron chi connectivity index (χ4n) is 2.90. The first-order chi connectivity index (χ1) is 15.0. The predicted molar refractivity (Wildman–Crippen MR) is 115 cm³/mol. The molecular formula is C22H25F3N4O3. The van der Waals surface area contributed by atoms with Gasteiger partial charge in [-0.2, -0.15) is 13.2 Å². The van der Waals surface area contributed by atoms with Crippen LogP contribution in [0.25, 0.3) is 0 Å². The summed E-state index contributed by atoms with van der Waals surface area (Å²) in [5, 5.41) is 4.92. The second-order valence-electron chi connectivity index (χ2n) is 7.22. The van der Waals surface area contributed by atoms with Gasteiger partial charge in [0.25, 0.3) is 5.91 Å². The summed E-state index contributed by atoms with van der Waals surface area (Å²) in [4.78, 5) is 39.6. The summed E-state index contributed by atoms with van der Waals surface area (Å²) in [5.74, 6) is -1.31. The molecule has 0 aliphatic rings. The standard InChI is InChI=1S/C22H25F3N4O3/c1-4-29(14-20(31)27-18-11-6-5-10-17(18)22(23,24)25)13-19(30)26-16-9-7-8-15(12-16)21(32)28(2)3/h5-12H,4,13-14H2,1-3H3,(H,26,30)(H,27,31). The van der Waals surface area contributed by atoms with E-state index < -0.39 is 23.6 Å². The van der Waals surface area contributed by atoms with Crippen LogP contribution in [0.3, 0.4) is 0 Å². The number of halogens is 3. The Kier molecular flexibility index (Phi) is 8.36. The highest BCUT2D eigenvalue weighted by Gasteiger charge is 2.33. The van der Waals surface area contributed by atoms with Crippen LogP contribution < -0.4 is 10.6 Å². The lowest BCUT2D eigenvalue weighted by Crippen LogP contribution is -2.38. The van der Waals surface area contributed by atoms with E-state index in [1.54, 1.807) is 39.2 Å². The molecule has 0 spiro atoms. The number of hydrogen-bond acceptors (Lipinski definition) is 4. The third kappa shape index (κ3) is 7.09. The van der Waals surface area contributed by atoms with E-state index in [1.807, 2.05) is 0 Å². The molecule has 0 unspecified atom stereocenters. The Morgan fingerprint density at radius 1 is 0.906 bits per heavy atom. The number of alkyl halides is 3. The number of carbonyl (C=O) groups is 3. The van der Waals surface area contributed by atoms with E-state index in [4.69, 9.17) is 0 Å². The summed E-state index contributed by atoms with van der Waals surface area (Å²) in [6, 6.07) is 11.1. The van der Waals surface area contributed by atoms with Crippen molar-refractivity contribution < 1.29 is 27.6 Å². The number of nitrogens with zero attached hydrogens (tertiary/aromatic N) is 2. The van der Waals surface area contributed by atoms with Crippen LogP contribution in [0.2, 0.25) is 0 Å². The van der Waals surface area contributed by atoms with Gasteiger partial charge in [0.2, 0.25) is 11.8 Å². The molecule has 0 aliphatic carbocycles. The lowest BCUT2D eigenvalue weighted by Gasteiger charge is -2.20. The van der Waals surface area contributed by atoms with Gasteiger partial charge in [-0.1, -0.05) is 25.1 Å². The molecule has 0 heterocycles. The van der Waals surface area contributed by atoms with Crippen molar-refractivity contribution in [3.05, 3.63) is 59.7 Å². The van der Waals surface area contributed by atoms with E-state index in [0.717, 1.165) is 6.07 Å². The molecule has 0 atom stereocenters. The SMILES string of the molecule is CCN(CC(=O)Nc1cccc(C(=O)N(C)C)c1)CC(=O)Nc1ccccc1C(F)(F)F. The Balaban J connectivity index is 1.98. The second kappa shape index (κ2) is 10.8. The number of benzene rings is 2. The van der Waals surface area contributed by atoms with Gasteiger partial charge in [0, 0.05) is 25.3 Å². The normalized spacial score (nSPS) is 11.2. The lowest BCUT2D eigenvalue weighted by molar-refractivity contribution is -0.137. The van der Waals surface area contributed by atoms with Crippen molar-refractivity contribution in [1.29, 1.82) is 0 Å². The van der Waals surface area contributed by atoms with Crippen molar-refractivity contribution in [1.82, 2.24) is 9.80 Å². The molecule has 0 bridgehead atoms. The molecule has 0 saturated heterocycles. The van der Waals surface area contributed by atoms with Crippen molar-refractivity contribution >= 4 is 29.1 Å². The van der Waals surface area contributed by atoms with E-state index in [9.17, 15) is 27.6 Å². The maximum absolute atomic E-state index is 13.1. The van der Waals surface area contributed by atoms with E-state index >= 15 is 0 Å². The van der Waals surface area contributed by atoms with Gasteiger partial charge in [0.15, 0.2) is 0 Å². The molecule has 2 aromatic carbocycles. The molecule has 10 heteroatoms. The third-order valence-corrected chi connectivity index (χ3v) is 4.49. The predicted octanol–water partition coefficient (Wildman–Crippen LogP) is 3.31. The topological polar surface area (TPSA) is 81.8 Å². The van der Waals surface area contributed by atoms with E-state index in [0.29, 0.717) is 17.8 Å². The maximum Gasteiger partial charge on any atom is 0.418 e.